The van der Waals surface area contributed by atoms with Crippen LogP contribution in [-0.4, -0.2) is 15.8 Å². The lowest BCUT2D eigenvalue weighted by Gasteiger charge is -2.08. The SMILES string of the molecule is O=C(/C(=C/c1ccc(OCc2ccccc2)cc1)c1nc2ccccc2[nH]1)c1ccccc1. The van der Waals surface area contributed by atoms with Crippen molar-refractivity contribution in [1.29, 1.82) is 0 Å². The van der Waals surface area contributed by atoms with Gasteiger partial charge in [0, 0.05) is 5.56 Å². The van der Waals surface area contributed by atoms with Gasteiger partial charge in [0.15, 0.2) is 5.78 Å². The van der Waals surface area contributed by atoms with E-state index in [2.05, 4.69) is 9.97 Å². The summed E-state index contributed by atoms with van der Waals surface area (Å²) in [5, 5.41) is 0. The van der Waals surface area contributed by atoms with Crippen LogP contribution >= 0.6 is 0 Å². The molecule has 4 heteroatoms. The lowest BCUT2D eigenvalue weighted by atomic mass is 10.0. The minimum atomic E-state index is -0.0842. The first-order valence-electron chi connectivity index (χ1n) is 10.8. The Bertz CT molecular complexity index is 1370. The highest BCUT2D eigenvalue weighted by molar-refractivity contribution is 6.31. The van der Waals surface area contributed by atoms with Crippen LogP contribution in [0.5, 0.6) is 5.75 Å². The van der Waals surface area contributed by atoms with Crippen molar-refractivity contribution in [2.24, 2.45) is 0 Å². The Hall–Kier alpha value is -4.44. The Balaban J connectivity index is 1.45. The molecule has 0 aliphatic carbocycles. The van der Waals surface area contributed by atoms with E-state index in [1.54, 1.807) is 0 Å². The molecule has 0 fully saturated rings. The number of fused-ring (bicyclic) bond motifs is 1. The predicted molar refractivity (Wildman–Crippen MR) is 132 cm³/mol. The number of nitrogens with one attached hydrogen (secondary N) is 1. The molecule has 5 aromatic rings. The van der Waals surface area contributed by atoms with Gasteiger partial charge in [0.1, 0.15) is 18.2 Å². The summed E-state index contributed by atoms with van der Waals surface area (Å²) in [6.07, 6.45) is 1.87. The number of ether oxygens (including phenoxy) is 1. The Morgan fingerprint density at radius 1 is 0.788 bits per heavy atom. The molecule has 4 aromatic carbocycles. The van der Waals surface area contributed by atoms with Crippen LogP contribution in [-0.2, 0) is 6.61 Å². The van der Waals surface area contributed by atoms with E-state index in [-0.39, 0.29) is 5.78 Å². The fraction of sp³-hybridized carbons (Fsp3) is 0.0345. The van der Waals surface area contributed by atoms with Gasteiger partial charge < -0.3 is 9.72 Å². The fourth-order valence-corrected chi connectivity index (χ4v) is 3.63. The van der Waals surface area contributed by atoms with E-state index in [1.165, 1.54) is 0 Å². The van der Waals surface area contributed by atoms with Gasteiger partial charge in [0.05, 0.1) is 16.6 Å². The number of rotatable bonds is 7. The average Bonchev–Trinajstić information content (AvgIpc) is 3.31. The molecule has 160 valence electrons. The third-order valence-electron chi connectivity index (χ3n) is 5.36. The number of H-pyrrole nitrogens is 1. The fourth-order valence-electron chi connectivity index (χ4n) is 3.63. The van der Waals surface area contributed by atoms with Gasteiger partial charge in [-0.25, -0.2) is 4.98 Å². The maximum absolute atomic E-state index is 13.4. The van der Waals surface area contributed by atoms with Gasteiger partial charge in [-0.2, -0.15) is 0 Å². The number of para-hydroxylation sites is 2. The lowest BCUT2D eigenvalue weighted by molar-refractivity contribution is 0.105. The van der Waals surface area contributed by atoms with Crippen LogP contribution in [0.2, 0.25) is 0 Å². The van der Waals surface area contributed by atoms with Crippen LogP contribution in [0.25, 0.3) is 22.7 Å². The summed E-state index contributed by atoms with van der Waals surface area (Å²) in [4.78, 5) is 21.4. The maximum Gasteiger partial charge on any atom is 0.196 e. The van der Waals surface area contributed by atoms with Gasteiger partial charge in [-0.05, 0) is 41.5 Å². The number of Topliss-reactive ketones (excluding diaryl/α,β-unsaturated/α-hetero) is 1. The number of aromatic amines is 1. The smallest absolute Gasteiger partial charge is 0.196 e. The number of carbonyl (C=O) groups excluding carboxylic acids is 1. The highest BCUT2D eigenvalue weighted by Crippen LogP contribution is 2.24. The van der Waals surface area contributed by atoms with Crippen LogP contribution < -0.4 is 4.74 Å². The number of hydrogen-bond donors (Lipinski definition) is 1. The van der Waals surface area contributed by atoms with Crippen LogP contribution in [0.1, 0.15) is 27.3 Å². The molecule has 33 heavy (non-hydrogen) atoms. The van der Waals surface area contributed by atoms with Crippen LogP contribution in [0.4, 0.5) is 0 Å². The van der Waals surface area contributed by atoms with Crippen molar-refractivity contribution in [2.75, 3.05) is 0 Å². The Labute approximate surface area is 192 Å². The third kappa shape index (κ3) is 4.75. The average molecular weight is 431 g/mol. The van der Waals surface area contributed by atoms with E-state index in [0.717, 1.165) is 27.9 Å². The molecule has 4 nitrogen and oxygen atoms in total. The van der Waals surface area contributed by atoms with Gasteiger partial charge in [0.25, 0.3) is 0 Å². The van der Waals surface area contributed by atoms with Crippen LogP contribution in [0.15, 0.2) is 109 Å². The van der Waals surface area contributed by atoms with Gasteiger partial charge >= 0.3 is 0 Å². The molecular formula is C29H22N2O2. The van der Waals surface area contributed by atoms with Gasteiger partial charge in [-0.3, -0.25) is 4.79 Å². The van der Waals surface area contributed by atoms with Crippen molar-refractivity contribution in [1.82, 2.24) is 9.97 Å². The molecule has 0 saturated heterocycles. The van der Waals surface area contributed by atoms with Crippen molar-refractivity contribution in [3.8, 4) is 5.75 Å². The summed E-state index contributed by atoms with van der Waals surface area (Å²) >= 11 is 0. The van der Waals surface area contributed by atoms with Gasteiger partial charge in [-0.15, -0.1) is 0 Å². The molecule has 0 unspecified atom stereocenters. The van der Waals surface area contributed by atoms with Crippen LogP contribution in [0, 0.1) is 0 Å². The molecule has 1 aromatic heterocycles. The standard InChI is InChI=1S/C29H22N2O2/c32-28(23-11-5-2-6-12-23)25(29-30-26-13-7-8-14-27(26)31-29)19-21-15-17-24(18-16-21)33-20-22-9-3-1-4-10-22/h1-19H,20H2,(H,30,31)/b25-19-. The molecule has 5 rings (SSSR count). The molecule has 0 saturated carbocycles. The molecule has 1 N–H and O–H groups in total. The minimum Gasteiger partial charge on any atom is -0.489 e. The largest absolute Gasteiger partial charge is 0.489 e. The van der Waals surface area contributed by atoms with Crippen molar-refractivity contribution >= 4 is 28.5 Å². The molecule has 0 aliphatic heterocycles. The first-order valence-corrected chi connectivity index (χ1v) is 10.8. The molecular weight excluding hydrogens is 408 g/mol. The first kappa shape index (κ1) is 20.5. The number of hydrogen-bond acceptors (Lipinski definition) is 3. The summed E-state index contributed by atoms with van der Waals surface area (Å²) in [7, 11) is 0. The summed E-state index contributed by atoms with van der Waals surface area (Å²) in [6, 6.07) is 34.8. The van der Waals surface area contributed by atoms with E-state index in [0.29, 0.717) is 23.6 Å². The van der Waals surface area contributed by atoms with Gasteiger partial charge in [-0.1, -0.05) is 84.9 Å². The zero-order valence-corrected chi connectivity index (χ0v) is 17.9. The van der Waals surface area contributed by atoms with E-state index >= 15 is 0 Å². The molecule has 0 bridgehead atoms. The number of carbonyl (C=O) groups is 1. The number of imidazole rings is 1. The van der Waals surface area contributed by atoms with Crippen molar-refractivity contribution in [2.45, 2.75) is 6.61 Å². The normalized spacial score (nSPS) is 11.5. The van der Waals surface area contributed by atoms with E-state index in [9.17, 15) is 4.79 Å². The summed E-state index contributed by atoms with van der Waals surface area (Å²) in [6.45, 7) is 0.507. The summed E-state index contributed by atoms with van der Waals surface area (Å²) < 4.78 is 5.89. The van der Waals surface area contributed by atoms with E-state index < -0.39 is 0 Å². The van der Waals surface area contributed by atoms with Crippen molar-refractivity contribution in [3.05, 3.63) is 132 Å². The summed E-state index contributed by atoms with van der Waals surface area (Å²) in [5.41, 5.74) is 4.85. The molecule has 1 heterocycles. The maximum atomic E-state index is 13.4. The molecule has 0 radical (unpaired) electrons. The lowest BCUT2D eigenvalue weighted by Crippen LogP contribution is -2.04. The molecule has 0 atom stereocenters. The Morgan fingerprint density at radius 2 is 1.45 bits per heavy atom. The zero-order valence-electron chi connectivity index (χ0n) is 17.9. The topological polar surface area (TPSA) is 55.0 Å². The molecule has 0 spiro atoms. The second-order valence-electron chi connectivity index (χ2n) is 7.70. The number of ketones is 1. The van der Waals surface area contributed by atoms with Gasteiger partial charge in [0.2, 0.25) is 0 Å². The Morgan fingerprint density at radius 3 is 2.18 bits per heavy atom. The quantitative estimate of drug-likeness (QED) is 0.235. The van der Waals surface area contributed by atoms with Crippen molar-refractivity contribution < 1.29 is 9.53 Å². The second-order valence-corrected chi connectivity index (χ2v) is 7.70. The second kappa shape index (κ2) is 9.37. The van der Waals surface area contributed by atoms with Crippen LogP contribution in [0.3, 0.4) is 0 Å². The van der Waals surface area contributed by atoms with Crippen molar-refractivity contribution in [3.63, 3.8) is 0 Å². The zero-order chi connectivity index (χ0) is 22.5. The highest BCUT2D eigenvalue weighted by Gasteiger charge is 2.18. The number of benzene rings is 4. The monoisotopic (exact) mass is 430 g/mol. The number of nitrogens with zero attached hydrogens (tertiary/aromatic N) is 1. The van der Waals surface area contributed by atoms with E-state index in [4.69, 9.17) is 4.74 Å². The third-order valence-corrected chi connectivity index (χ3v) is 5.36. The summed E-state index contributed by atoms with van der Waals surface area (Å²) in [5.74, 6) is 1.24. The van der Waals surface area contributed by atoms with E-state index in [1.807, 2.05) is 115 Å². The molecule has 0 amide bonds. The number of aromatic nitrogens is 2. The number of allylic oxidation sites excluding steroid dienone is 1. The minimum absolute atomic E-state index is 0.0842. The predicted octanol–water partition coefficient (Wildman–Crippen LogP) is 6.57. The molecule has 0 aliphatic rings. The Kier molecular flexibility index (Phi) is 5.81. The first-order chi connectivity index (χ1) is 16.3. The highest BCUT2D eigenvalue weighted by atomic mass is 16.5.